The lowest BCUT2D eigenvalue weighted by molar-refractivity contribution is -0.117. The Morgan fingerprint density at radius 3 is 3.00 bits per heavy atom. The third kappa shape index (κ3) is 1.59. The van der Waals surface area contributed by atoms with Crippen LogP contribution >= 0.6 is 12.6 Å². The molecular weight excluding hydrogens is 236 g/mol. The number of thiol groups is 1. The summed E-state index contributed by atoms with van der Waals surface area (Å²) in [6.45, 7) is 2.52. The summed E-state index contributed by atoms with van der Waals surface area (Å²) >= 11 is 4.36. The number of carbonyl (C=O) groups excluding carboxylic acids is 1. The summed E-state index contributed by atoms with van der Waals surface area (Å²) in [6.07, 6.45) is 2.38. The molecule has 1 fully saturated rings. The molecule has 0 aliphatic carbocycles. The smallest absolute Gasteiger partial charge is 0.228 e. The highest BCUT2D eigenvalue weighted by Gasteiger charge is 2.30. The van der Waals surface area contributed by atoms with Crippen molar-refractivity contribution in [2.24, 2.45) is 0 Å². The lowest BCUT2D eigenvalue weighted by Crippen LogP contribution is -2.25. The molecule has 0 radical (unpaired) electrons. The molecule has 1 amide bonds. The van der Waals surface area contributed by atoms with Gasteiger partial charge in [0.25, 0.3) is 0 Å². The minimum atomic E-state index is 0.0961. The predicted octanol–water partition coefficient (Wildman–Crippen LogP) is 1.07. The zero-order valence-electron chi connectivity index (χ0n) is 9.37. The maximum atomic E-state index is 11.9. The van der Waals surface area contributed by atoms with E-state index in [9.17, 15) is 4.79 Å². The van der Waals surface area contributed by atoms with Gasteiger partial charge >= 0.3 is 0 Å². The molecular formula is C11H12N4OS. The first-order chi connectivity index (χ1) is 8.16. The second-order valence-electron chi connectivity index (χ2n) is 4.20. The fourth-order valence-electron chi connectivity index (χ4n) is 2.15. The van der Waals surface area contributed by atoms with Gasteiger partial charge in [-0.1, -0.05) is 0 Å². The van der Waals surface area contributed by atoms with E-state index in [2.05, 4.69) is 22.8 Å². The number of aromatic nitrogens is 3. The molecule has 5 nitrogen and oxygen atoms in total. The van der Waals surface area contributed by atoms with Gasteiger partial charge in [0, 0.05) is 24.4 Å². The highest BCUT2D eigenvalue weighted by Crippen LogP contribution is 2.27. The average molecular weight is 248 g/mol. The SMILES string of the molecule is Cc1nnc2c(N3CC(S)CC3=O)cccn12. The van der Waals surface area contributed by atoms with Crippen LogP contribution < -0.4 is 4.90 Å². The molecule has 17 heavy (non-hydrogen) atoms. The van der Waals surface area contributed by atoms with Crippen LogP contribution in [0.25, 0.3) is 5.65 Å². The number of amides is 1. The van der Waals surface area contributed by atoms with Gasteiger partial charge in [0.15, 0.2) is 5.65 Å². The van der Waals surface area contributed by atoms with Gasteiger partial charge < -0.3 is 4.90 Å². The molecule has 88 valence electrons. The molecule has 0 aromatic carbocycles. The maximum Gasteiger partial charge on any atom is 0.228 e. The van der Waals surface area contributed by atoms with Crippen LogP contribution in [0.15, 0.2) is 18.3 Å². The van der Waals surface area contributed by atoms with Crippen LogP contribution in [0, 0.1) is 6.92 Å². The van der Waals surface area contributed by atoms with Gasteiger partial charge in [-0.05, 0) is 19.1 Å². The average Bonchev–Trinajstić information content (AvgIpc) is 2.83. The number of pyridine rings is 1. The Morgan fingerprint density at radius 2 is 2.29 bits per heavy atom. The zero-order chi connectivity index (χ0) is 12.0. The molecule has 1 aliphatic rings. The van der Waals surface area contributed by atoms with Crippen molar-refractivity contribution in [3.05, 3.63) is 24.2 Å². The molecule has 3 heterocycles. The minimum absolute atomic E-state index is 0.0961. The van der Waals surface area contributed by atoms with Crippen molar-refractivity contribution in [3.63, 3.8) is 0 Å². The summed E-state index contributed by atoms with van der Waals surface area (Å²) in [7, 11) is 0. The first-order valence-corrected chi connectivity index (χ1v) is 5.97. The standard InChI is InChI=1S/C11H12N4OS/c1-7-12-13-11-9(3-2-4-14(7)11)15-6-8(17)5-10(15)16/h2-4,8,17H,5-6H2,1H3. The van der Waals surface area contributed by atoms with E-state index in [0.29, 0.717) is 13.0 Å². The van der Waals surface area contributed by atoms with Crippen molar-refractivity contribution in [2.45, 2.75) is 18.6 Å². The molecule has 0 saturated carbocycles. The number of fused-ring (bicyclic) bond motifs is 1. The second-order valence-corrected chi connectivity index (χ2v) is 4.93. The third-order valence-electron chi connectivity index (χ3n) is 2.98. The monoisotopic (exact) mass is 248 g/mol. The normalized spacial score (nSPS) is 20.5. The van der Waals surface area contributed by atoms with Crippen molar-refractivity contribution in [1.29, 1.82) is 0 Å². The zero-order valence-corrected chi connectivity index (χ0v) is 10.3. The topological polar surface area (TPSA) is 50.5 Å². The number of hydrogen-bond donors (Lipinski definition) is 1. The summed E-state index contributed by atoms with van der Waals surface area (Å²) in [5.74, 6) is 0.912. The van der Waals surface area contributed by atoms with Gasteiger partial charge in [-0.3, -0.25) is 9.20 Å². The molecule has 1 unspecified atom stereocenters. The second kappa shape index (κ2) is 3.73. The van der Waals surface area contributed by atoms with Gasteiger partial charge in [0.2, 0.25) is 5.91 Å². The number of carbonyl (C=O) groups is 1. The van der Waals surface area contributed by atoms with Crippen LogP contribution in [0.2, 0.25) is 0 Å². The van der Waals surface area contributed by atoms with E-state index in [1.54, 1.807) is 4.90 Å². The number of rotatable bonds is 1. The van der Waals surface area contributed by atoms with Gasteiger partial charge in [0.1, 0.15) is 5.82 Å². The highest BCUT2D eigenvalue weighted by atomic mass is 32.1. The molecule has 0 N–H and O–H groups in total. The Kier molecular flexibility index (Phi) is 2.32. The molecule has 0 bridgehead atoms. The van der Waals surface area contributed by atoms with E-state index < -0.39 is 0 Å². The third-order valence-corrected chi connectivity index (χ3v) is 3.33. The quantitative estimate of drug-likeness (QED) is 0.768. The fourth-order valence-corrected chi connectivity index (χ4v) is 2.47. The van der Waals surface area contributed by atoms with E-state index in [4.69, 9.17) is 0 Å². The largest absolute Gasteiger partial charge is 0.308 e. The lowest BCUT2D eigenvalue weighted by atomic mass is 10.3. The van der Waals surface area contributed by atoms with Gasteiger partial charge in [-0.25, -0.2) is 0 Å². The molecule has 1 saturated heterocycles. The minimum Gasteiger partial charge on any atom is -0.308 e. The van der Waals surface area contributed by atoms with Crippen LogP contribution in [0.4, 0.5) is 5.69 Å². The van der Waals surface area contributed by atoms with Crippen molar-refractivity contribution in [1.82, 2.24) is 14.6 Å². The summed E-state index contributed by atoms with van der Waals surface area (Å²) in [5, 5.41) is 8.25. The van der Waals surface area contributed by atoms with Crippen molar-refractivity contribution < 1.29 is 4.79 Å². The molecule has 1 aliphatic heterocycles. The van der Waals surface area contributed by atoms with E-state index in [-0.39, 0.29) is 11.2 Å². The maximum absolute atomic E-state index is 11.9. The Balaban J connectivity index is 2.14. The van der Waals surface area contributed by atoms with Crippen LogP contribution in [0.3, 0.4) is 0 Å². The first-order valence-electron chi connectivity index (χ1n) is 5.45. The van der Waals surface area contributed by atoms with E-state index in [0.717, 1.165) is 17.2 Å². The Labute approximate surface area is 104 Å². The molecule has 2 aromatic rings. The first kappa shape index (κ1) is 10.6. The van der Waals surface area contributed by atoms with Crippen LogP contribution in [0.5, 0.6) is 0 Å². The van der Waals surface area contributed by atoms with Crippen molar-refractivity contribution in [3.8, 4) is 0 Å². The number of anilines is 1. The molecule has 6 heteroatoms. The summed E-state index contributed by atoms with van der Waals surface area (Å²) < 4.78 is 1.88. The number of nitrogens with zero attached hydrogens (tertiary/aromatic N) is 4. The Bertz CT molecular complexity index is 594. The van der Waals surface area contributed by atoms with Crippen molar-refractivity contribution >= 4 is 29.9 Å². The van der Waals surface area contributed by atoms with Crippen LogP contribution in [-0.4, -0.2) is 32.3 Å². The van der Waals surface area contributed by atoms with E-state index >= 15 is 0 Å². The van der Waals surface area contributed by atoms with Gasteiger partial charge in [-0.15, -0.1) is 10.2 Å². The molecule has 3 rings (SSSR count). The van der Waals surface area contributed by atoms with Gasteiger partial charge in [-0.2, -0.15) is 12.6 Å². The summed E-state index contributed by atoms with van der Waals surface area (Å²) in [4.78, 5) is 13.6. The number of hydrogen-bond acceptors (Lipinski definition) is 4. The summed E-state index contributed by atoms with van der Waals surface area (Å²) in [5.41, 5.74) is 1.54. The Morgan fingerprint density at radius 1 is 1.47 bits per heavy atom. The van der Waals surface area contributed by atoms with Crippen LogP contribution in [0.1, 0.15) is 12.2 Å². The fraction of sp³-hybridized carbons (Fsp3) is 0.364. The lowest BCUT2D eigenvalue weighted by Gasteiger charge is -2.16. The van der Waals surface area contributed by atoms with Crippen LogP contribution in [-0.2, 0) is 4.79 Å². The summed E-state index contributed by atoms with van der Waals surface area (Å²) in [6, 6.07) is 3.80. The Hall–Kier alpha value is -1.56. The van der Waals surface area contributed by atoms with E-state index in [1.807, 2.05) is 29.7 Å². The molecule has 1 atom stereocenters. The van der Waals surface area contributed by atoms with E-state index in [1.165, 1.54) is 0 Å². The predicted molar refractivity (Wildman–Crippen MR) is 67.5 cm³/mol. The molecule has 2 aromatic heterocycles. The van der Waals surface area contributed by atoms with Gasteiger partial charge in [0.05, 0.1) is 5.69 Å². The van der Waals surface area contributed by atoms with Crippen molar-refractivity contribution in [2.75, 3.05) is 11.4 Å². The number of aryl methyl sites for hydroxylation is 1. The molecule has 0 spiro atoms. The highest BCUT2D eigenvalue weighted by molar-refractivity contribution is 7.81.